The molecule has 0 saturated carbocycles. The Labute approximate surface area is 746 Å². The fourth-order valence-electron chi connectivity index (χ4n) is 17.5. The first-order valence-electron chi connectivity index (χ1n) is 43.3. The van der Waals surface area contributed by atoms with Gasteiger partial charge in [0.1, 0.15) is 0 Å². The molecule has 0 bridgehead atoms. The van der Waals surface area contributed by atoms with Gasteiger partial charge in [0.2, 0.25) is 0 Å². The zero-order chi connectivity index (χ0) is 85.8. The van der Waals surface area contributed by atoms with Gasteiger partial charge in [0.15, 0.2) is 29.1 Å². The minimum atomic E-state index is 0.649. The Morgan fingerprint density at radius 2 is 0.364 bits per heavy atom. The van der Waals surface area contributed by atoms with Gasteiger partial charge in [0.05, 0.1) is 62.1 Å². The van der Waals surface area contributed by atoms with Crippen LogP contribution in [0.3, 0.4) is 0 Å². The number of hydrogen-bond donors (Lipinski definition) is 0. The van der Waals surface area contributed by atoms with Crippen LogP contribution in [0.5, 0.6) is 0 Å². The Bertz CT molecular complexity index is 7080. The van der Waals surface area contributed by atoms with Gasteiger partial charge in [0.25, 0.3) is 0 Å². The lowest BCUT2D eigenvalue weighted by molar-refractivity contribution is 1.07. The highest BCUT2D eigenvalue weighted by molar-refractivity contribution is 6.11. The zero-order valence-corrected chi connectivity index (χ0v) is 70.0. The molecule has 7 heterocycles. The summed E-state index contributed by atoms with van der Waals surface area (Å²) in [5.74, 6) is 3.39. The molecule has 0 aliphatic carbocycles. The molecule has 0 fully saturated rings. The second-order valence-electron chi connectivity index (χ2n) is 31.8. The van der Waals surface area contributed by atoms with E-state index in [0.29, 0.717) is 29.1 Å². The molecule has 0 aliphatic rings. The van der Waals surface area contributed by atoms with Gasteiger partial charge in [-0.3, -0.25) is 4.98 Å². The minimum absolute atomic E-state index is 0.649. The first-order valence-corrected chi connectivity index (χ1v) is 43.3. The normalized spacial score (nSPS) is 11.3. The highest BCUT2D eigenvalue weighted by Crippen LogP contribution is 2.40. The third-order valence-corrected chi connectivity index (χ3v) is 23.8. The van der Waals surface area contributed by atoms with Crippen LogP contribution in [0.25, 0.3) is 218 Å². The van der Waals surface area contributed by atoms with Crippen LogP contribution in [0.1, 0.15) is 0 Å². The van der Waals surface area contributed by atoms with Gasteiger partial charge in [-0.15, -0.1) is 0 Å². The lowest BCUT2D eigenvalue weighted by Gasteiger charge is -2.11. The van der Waals surface area contributed by atoms with Crippen LogP contribution in [-0.2, 0) is 0 Å². The van der Waals surface area contributed by atoms with E-state index in [-0.39, 0.29) is 0 Å². The van der Waals surface area contributed by atoms with Crippen LogP contribution < -0.4 is 0 Å². The van der Waals surface area contributed by atoms with Crippen molar-refractivity contribution in [3.63, 3.8) is 0 Å². The fraction of sp³-hybridized carbons (Fsp3) is 0. The van der Waals surface area contributed by atoms with Crippen LogP contribution in [0, 0.1) is 0 Å². The molecule has 0 amide bonds. The summed E-state index contributed by atoms with van der Waals surface area (Å²) in [5, 5.41) is 7.49. The van der Waals surface area contributed by atoms with E-state index in [0.717, 1.165) is 129 Å². The van der Waals surface area contributed by atoms with E-state index in [4.69, 9.17) is 34.9 Å². The molecule has 24 rings (SSSR count). The molecule has 11 heteroatoms. The number of nitrogens with zero attached hydrogens (tertiary/aromatic N) is 11. The molecule has 0 N–H and O–H groups in total. The van der Waals surface area contributed by atoms with Crippen LogP contribution in [0.4, 0.5) is 0 Å². The van der Waals surface area contributed by atoms with Crippen molar-refractivity contribution in [3.8, 4) is 152 Å². The summed E-state index contributed by atoms with van der Waals surface area (Å²) in [6, 6.07) is 162. The van der Waals surface area contributed by atoms with Crippen molar-refractivity contribution < 1.29 is 0 Å². The predicted octanol–water partition coefficient (Wildman–Crippen LogP) is 29.5. The molecule has 24 aromatic rings. The van der Waals surface area contributed by atoms with E-state index in [1.165, 1.54) is 59.9 Å². The molecule has 606 valence electrons. The maximum absolute atomic E-state index is 5.03. The SMILES string of the molecule is c1ccc(-c2cc(-c3cccc(-c4ccc(-n5c6ccccc6c6ccncc65)cc4)c3)nc(-c3ccccc3)n2)cc1.c1ccc(-c2cc(-c3ccccc3)nc(-c3cccc(-c4ccc(-n5c6ccccc6c6ccccc65)cc4)c3)n2)cc1.c1ccc(-c2nc(-c3ccccc3)nc(-c3cccc(-c4ccc(-n5c6ccccc6c6ccccc65)cc4)c3)n2)cc1. The number of rotatable bonds is 15. The third-order valence-electron chi connectivity index (χ3n) is 23.8. The second-order valence-corrected chi connectivity index (χ2v) is 31.8. The van der Waals surface area contributed by atoms with Crippen LogP contribution in [0.2, 0.25) is 0 Å². The summed E-state index contributed by atoms with van der Waals surface area (Å²) >= 11 is 0. The molecule has 0 spiro atoms. The first kappa shape index (κ1) is 77.5. The maximum atomic E-state index is 5.03. The molecule has 0 radical (unpaired) electrons. The number of benzene rings is 17. The Balaban J connectivity index is 0.000000114. The lowest BCUT2D eigenvalue weighted by atomic mass is 10.0. The van der Waals surface area contributed by atoms with Crippen molar-refractivity contribution >= 4 is 65.4 Å². The molecule has 17 aromatic carbocycles. The maximum Gasteiger partial charge on any atom is 0.164 e. The predicted molar refractivity (Wildman–Crippen MR) is 530 cm³/mol. The standard InChI is InChI=1S/C40H27N3.2C39H26N4/c1-3-12-29(13-4-1)36-27-37(30-14-5-2-6-15-30)42-40(41-36)32-17-11-16-31(26-32)28-22-24-33(25-23-28)43-38-20-9-7-18-34(38)35-19-8-10-21-39(35)43;1-3-12-28(13-4-1)37-40-38(29-14-5-2-6-15-29)42-39(41-37)31-17-11-16-30(26-31)27-22-24-32(25-23-27)43-35-20-9-7-18-33(35)34-19-8-10-21-36(34)43;1-3-10-28(11-4-1)35-25-36(42-39(41-35)29-12-5-2-6-13-29)31-15-9-14-30(24-31)27-18-20-32(21-19-27)43-37-17-8-7-16-33(37)34-22-23-40-26-38(34)43/h1-27H;2*1-26H. The number of para-hydroxylation sites is 5. The Morgan fingerprint density at radius 3 is 0.690 bits per heavy atom. The number of fused-ring (bicyclic) bond motifs is 9. The van der Waals surface area contributed by atoms with E-state index < -0.39 is 0 Å². The van der Waals surface area contributed by atoms with Gasteiger partial charge in [0, 0.05) is 106 Å². The topological polar surface area (TPSA) is 118 Å². The van der Waals surface area contributed by atoms with E-state index in [9.17, 15) is 0 Å². The average Bonchev–Trinajstić information content (AvgIpc) is 1.61. The summed E-state index contributed by atoms with van der Waals surface area (Å²) in [6.45, 7) is 0. The molecule has 0 saturated heterocycles. The molecule has 129 heavy (non-hydrogen) atoms. The van der Waals surface area contributed by atoms with Gasteiger partial charge < -0.3 is 13.7 Å². The summed E-state index contributed by atoms with van der Waals surface area (Å²) in [6.07, 6.45) is 3.81. The van der Waals surface area contributed by atoms with Crippen molar-refractivity contribution in [2.75, 3.05) is 0 Å². The highest BCUT2D eigenvalue weighted by atomic mass is 15.0. The summed E-state index contributed by atoms with van der Waals surface area (Å²) in [7, 11) is 0. The van der Waals surface area contributed by atoms with Crippen LogP contribution in [0.15, 0.2) is 480 Å². The lowest BCUT2D eigenvalue weighted by Crippen LogP contribution is -2.00. The van der Waals surface area contributed by atoms with E-state index in [2.05, 4.69) is 352 Å². The summed E-state index contributed by atoms with van der Waals surface area (Å²) < 4.78 is 6.97. The third kappa shape index (κ3) is 15.6. The van der Waals surface area contributed by atoms with Gasteiger partial charge in [-0.05, 0) is 137 Å². The van der Waals surface area contributed by atoms with Crippen molar-refractivity contribution in [2.45, 2.75) is 0 Å². The molecule has 7 aromatic heterocycles. The van der Waals surface area contributed by atoms with Crippen molar-refractivity contribution in [1.82, 2.24) is 53.6 Å². The van der Waals surface area contributed by atoms with Gasteiger partial charge in [-0.1, -0.05) is 364 Å². The van der Waals surface area contributed by atoms with E-state index in [1.54, 1.807) is 0 Å². The molecule has 0 atom stereocenters. The highest BCUT2D eigenvalue weighted by Gasteiger charge is 2.21. The Kier molecular flexibility index (Phi) is 20.8. The van der Waals surface area contributed by atoms with E-state index >= 15 is 0 Å². The smallest absolute Gasteiger partial charge is 0.164 e. The number of pyridine rings is 1. The molecule has 0 aliphatic heterocycles. The molecular weight excluding hydrogens is 1570 g/mol. The molecule has 0 unspecified atom stereocenters. The summed E-state index contributed by atoms with van der Waals surface area (Å²) in [5.41, 5.74) is 30.0. The van der Waals surface area contributed by atoms with Gasteiger partial charge >= 0.3 is 0 Å². The monoisotopic (exact) mass is 1650 g/mol. The van der Waals surface area contributed by atoms with Gasteiger partial charge in [-0.25, -0.2) is 34.9 Å². The quantitative estimate of drug-likeness (QED) is 0.0996. The molecular formula is C118H79N11. The Morgan fingerprint density at radius 1 is 0.140 bits per heavy atom. The van der Waals surface area contributed by atoms with Crippen LogP contribution >= 0.6 is 0 Å². The largest absolute Gasteiger partial charge is 0.309 e. The van der Waals surface area contributed by atoms with Crippen molar-refractivity contribution in [3.05, 3.63) is 480 Å². The van der Waals surface area contributed by atoms with Gasteiger partial charge in [-0.2, -0.15) is 0 Å². The number of hydrogen-bond acceptors (Lipinski definition) is 8. The van der Waals surface area contributed by atoms with Crippen molar-refractivity contribution in [2.24, 2.45) is 0 Å². The average molecular weight is 1650 g/mol. The Hall–Kier alpha value is -17.5. The van der Waals surface area contributed by atoms with Crippen molar-refractivity contribution in [1.29, 1.82) is 0 Å². The molecule has 11 nitrogen and oxygen atoms in total. The summed E-state index contributed by atoms with van der Waals surface area (Å²) in [4.78, 5) is 39.1. The van der Waals surface area contributed by atoms with Crippen LogP contribution in [-0.4, -0.2) is 53.6 Å². The van der Waals surface area contributed by atoms with E-state index in [1.807, 2.05) is 146 Å². The zero-order valence-electron chi connectivity index (χ0n) is 70.0. The first-order chi connectivity index (χ1) is 63.9. The second kappa shape index (κ2) is 34.6. The minimum Gasteiger partial charge on any atom is -0.309 e. The fourth-order valence-corrected chi connectivity index (χ4v) is 17.5. The number of aromatic nitrogens is 11.